The molecule has 8 nitrogen and oxygen atoms in total. The molecule has 4 rings (SSSR count). The minimum atomic E-state index is -0.907. The Morgan fingerprint density at radius 2 is 1.74 bits per heavy atom. The van der Waals surface area contributed by atoms with Gasteiger partial charge < -0.3 is 24.9 Å². The van der Waals surface area contributed by atoms with Crippen LogP contribution in [0.15, 0.2) is 51.4 Å². The molecule has 11 heteroatoms. The predicted molar refractivity (Wildman–Crippen MR) is 155 cm³/mol. The van der Waals surface area contributed by atoms with Gasteiger partial charge >= 0.3 is 6.09 Å². The van der Waals surface area contributed by atoms with Crippen molar-refractivity contribution >= 4 is 43.9 Å². The fourth-order valence-corrected chi connectivity index (χ4v) is 6.91. The molecule has 2 N–H and O–H groups in total. The van der Waals surface area contributed by atoms with Crippen LogP contribution in [-0.4, -0.2) is 113 Å². The number of aliphatic hydroxyl groups is 1. The first-order valence-corrected chi connectivity index (χ1v) is 14.8. The summed E-state index contributed by atoms with van der Waals surface area (Å²) in [4.78, 5) is 32.5. The maximum absolute atomic E-state index is 13.7. The van der Waals surface area contributed by atoms with Gasteiger partial charge in [0.1, 0.15) is 5.82 Å². The third-order valence-corrected chi connectivity index (χ3v) is 8.67. The summed E-state index contributed by atoms with van der Waals surface area (Å²) in [5, 5.41) is 18.9. The molecular formula is C28H35Br2FN4O4. The zero-order chi connectivity index (χ0) is 28.1. The van der Waals surface area contributed by atoms with Crippen molar-refractivity contribution in [3.63, 3.8) is 0 Å². The summed E-state index contributed by atoms with van der Waals surface area (Å²) in [7, 11) is 1.80. The van der Waals surface area contributed by atoms with Crippen molar-refractivity contribution in [3.8, 4) is 0 Å². The molecule has 0 bridgehead atoms. The van der Waals surface area contributed by atoms with Crippen molar-refractivity contribution in [1.29, 1.82) is 0 Å². The van der Waals surface area contributed by atoms with E-state index in [2.05, 4.69) is 41.7 Å². The molecule has 0 radical (unpaired) electrons. The summed E-state index contributed by atoms with van der Waals surface area (Å²) >= 11 is 6.90. The molecule has 2 atom stereocenters. The molecule has 212 valence electrons. The standard InChI is InChI=1S/C28H35Br2FN4O4/c1-32(27(37)21-12-22(29)14-23(30)13-21)15-20(19-2-4-24(31)5-3-19)6-8-33-16-26(17-33)35-10-9-34(28(38)39)18-25(35)7-11-36/h2-5,12-14,20,25-26,36H,6-11,15-18H2,1H3,(H,38,39)/t20-,25?/m1/s1. The van der Waals surface area contributed by atoms with Crippen molar-refractivity contribution in [3.05, 3.63) is 68.4 Å². The maximum Gasteiger partial charge on any atom is 0.407 e. The topological polar surface area (TPSA) is 87.6 Å². The number of rotatable bonds is 10. The van der Waals surface area contributed by atoms with Crippen LogP contribution < -0.4 is 0 Å². The molecule has 2 aromatic rings. The van der Waals surface area contributed by atoms with E-state index in [0.717, 1.165) is 40.6 Å². The number of hydrogen-bond acceptors (Lipinski definition) is 5. The average molecular weight is 670 g/mol. The Balaban J connectivity index is 1.36. The first-order valence-electron chi connectivity index (χ1n) is 13.2. The summed E-state index contributed by atoms with van der Waals surface area (Å²) in [5.41, 5.74) is 1.58. The number of benzene rings is 2. The summed E-state index contributed by atoms with van der Waals surface area (Å²) in [6.07, 6.45) is 0.461. The van der Waals surface area contributed by atoms with E-state index in [1.165, 1.54) is 17.0 Å². The maximum atomic E-state index is 13.7. The van der Waals surface area contributed by atoms with E-state index in [1.54, 1.807) is 36.2 Å². The highest BCUT2D eigenvalue weighted by Gasteiger charge is 2.39. The van der Waals surface area contributed by atoms with Gasteiger partial charge in [0.2, 0.25) is 0 Å². The highest BCUT2D eigenvalue weighted by Crippen LogP contribution is 2.27. The summed E-state index contributed by atoms with van der Waals surface area (Å²) < 4.78 is 15.3. The zero-order valence-corrected chi connectivity index (χ0v) is 25.2. The van der Waals surface area contributed by atoms with E-state index >= 15 is 0 Å². The molecule has 2 aromatic carbocycles. The molecule has 0 aromatic heterocycles. The van der Waals surface area contributed by atoms with Gasteiger partial charge in [0.15, 0.2) is 0 Å². The first kappa shape index (κ1) is 29.9. The lowest BCUT2D eigenvalue weighted by atomic mass is 9.93. The number of aliphatic hydroxyl groups excluding tert-OH is 1. The quantitative estimate of drug-likeness (QED) is 0.392. The van der Waals surface area contributed by atoms with Crippen LogP contribution in [0.3, 0.4) is 0 Å². The molecule has 2 fully saturated rings. The number of amides is 2. The van der Waals surface area contributed by atoms with Crippen LogP contribution in [0, 0.1) is 5.82 Å². The van der Waals surface area contributed by atoms with Gasteiger partial charge in [-0.25, -0.2) is 9.18 Å². The van der Waals surface area contributed by atoms with Crippen molar-refractivity contribution in [1.82, 2.24) is 19.6 Å². The van der Waals surface area contributed by atoms with Gasteiger partial charge in [0.05, 0.1) is 0 Å². The monoisotopic (exact) mass is 668 g/mol. The van der Waals surface area contributed by atoms with Crippen LogP contribution in [0.1, 0.15) is 34.7 Å². The molecule has 2 heterocycles. The van der Waals surface area contributed by atoms with E-state index in [4.69, 9.17) is 0 Å². The summed E-state index contributed by atoms with van der Waals surface area (Å²) in [6, 6.07) is 12.4. The molecule has 0 saturated carbocycles. The van der Waals surface area contributed by atoms with Crippen LogP contribution in [0.5, 0.6) is 0 Å². The molecule has 0 aliphatic carbocycles. The van der Waals surface area contributed by atoms with Crippen LogP contribution >= 0.6 is 31.9 Å². The third kappa shape index (κ3) is 7.79. The molecule has 1 unspecified atom stereocenters. The third-order valence-electron chi connectivity index (χ3n) is 7.75. The highest BCUT2D eigenvalue weighted by atomic mass is 79.9. The Labute approximate surface area is 245 Å². The molecule has 2 aliphatic rings. The van der Waals surface area contributed by atoms with Crippen LogP contribution in [0.4, 0.5) is 9.18 Å². The smallest absolute Gasteiger partial charge is 0.407 e. The second-order valence-electron chi connectivity index (χ2n) is 10.4. The highest BCUT2D eigenvalue weighted by molar-refractivity contribution is 9.11. The largest absolute Gasteiger partial charge is 0.465 e. The average Bonchev–Trinajstić information content (AvgIpc) is 2.87. The van der Waals surface area contributed by atoms with E-state index in [9.17, 15) is 24.2 Å². The number of carbonyl (C=O) groups excluding carboxylic acids is 1. The zero-order valence-electron chi connectivity index (χ0n) is 22.0. The number of carboxylic acid groups (broad SMARTS) is 1. The molecule has 2 amide bonds. The Hall–Kier alpha value is -2.05. The van der Waals surface area contributed by atoms with Gasteiger partial charge in [0.25, 0.3) is 5.91 Å². The molecule has 2 aliphatic heterocycles. The summed E-state index contributed by atoms with van der Waals surface area (Å²) in [5.74, 6) is -0.328. The normalized spacial score (nSPS) is 19.5. The Kier molecular flexibility index (Phi) is 10.4. The molecule has 2 saturated heterocycles. The predicted octanol–water partition coefficient (Wildman–Crippen LogP) is 4.33. The van der Waals surface area contributed by atoms with Crippen molar-refractivity contribution in [2.24, 2.45) is 0 Å². The second kappa shape index (κ2) is 13.5. The number of piperazine rings is 1. The first-order chi connectivity index (χ1) is 18.6. The number of likely N-dealkylation sites (tertiary alicyclic amines) is 1. The lowest BCUT2D eigenvalue weighted by Crippen LogP contribution is -2.66. The van der Waals surface area contributed by atoms with Gasteiger partial charge in [-0.15, -0.1) is 0 Å². The van der Waals surface area contributed by atoms with Gasteiger partial charge in [0, 0.05) is 85.4 Å². The van der Waals surface area contributed by atoms with Gasteiger partial charge in [-0.2, -0.15) is 0 Å². The fourth-order valence-electron chi connectivity index (χ4n) is 5.61. The Bertz CT molecular complexity index is 1130. The van der Waals surface area contributed by atoms with Crippen LogP contribution in [0.2, 0.25) is 0 Å². The van der Waals surface area contributed by atoms with E-state index in [-0.39, 0.29) is 30.3 Å². The number of halogens is 3. The molecular weight excluding hydrogens is 635 g/mol. The fraction of sp³-hybridized carbons (Fsp3) is 0.500. The van der Waals surface area contributed by atoms with Crippen molar-refractivity contribution in [2.75, 3.05) is 59.5 Å². The van der Waals surface area contributed by atoms with Crippen LogP contribution in [0.25, 0.3) is 0 Å². The minimum absolute atomic E-state index is 0.0247. The van der Waals surface area contributed by atoms with Gasteiger partial charge in [-0.3, -0.25) is 9.69 Å². The SMILES string of the molecule is CN(C[C@@H](CCN1CC(N2CCN(C(=O)O)CC2CCO)C1)c1ccc(F)cc1)C(=O)c1cc(Br)cc(Br)c1. The molecule has 39 heavy (non-hydrogen) atoms. The Morgan fingerprint density at radius 3 is 2.36 bits per heavy atom. The lowest BCUT2D eigenvalue weighted by Gasteiger charge is -2.51. The molecule has 0 spiro atoms. The Morgan fingerprint density at radius 1 is 1.08 bits per heavy atom. The van der Waals surface area contributed by atoms with Gasteiger partial charge in [-0.05, 0) is 55.3 Å². The van der Waals surface area contributed by atoms with Crippen LogP contribution in [-0.2, 0) is 0 Å². The number of nitrogens with zero attached hydrogens (tertiary/aromatic N) is 4. The number of hydrogen-bond donors (Lipinski definition) is 2. The van der Waals surface area contributed by atoms with Crippen molar-refractivity contribution < 1.29 is 24.2 Å². The van der Waals surface area contributed by atoms with Crippen molar-refractivity contribution in [2.45, 2.75) is 30.8 Å². The minimum Gasteiger partial charge on any atom is -0.465 e. The second-order valence-corrected chi connectivity index (χ2v) is 12.3. The lowest BCUT2D eigenvalue weighted by molar-refractivity contribution is -0.0314. The van der Waals surface area contributed by atoms with E-state index < -0.39 is 6.09 Å². The van der Waals surface area contributed by atoms with E-state index in [0.29, 0.717) is 44.2 Å². The van der Waals surface area contributed by atoms with E-state index in [1.807, 2.05) is 6.07 Å². The summed E-state index contributed by atoms with van der Waals surface area (Å²) in [6.45, 7) is 4.71. The van der Waals surface area contributed by atoms with Gasteiger partial charge in [-0.1, -0.05) is 44.0 Å². The number of carbonyl (C=O) groups is 2. The number of likely N-dealkylation sites (N-methyl/N-ethyl adjacent to an activating group) is 1.